The van der Waals surface area contributed by atoms with E-state index < -0.39 is 5.54 Å². The lowest BCUT2D eigenvalue weighted by atomic mass is 9.86. The summed E-state index contributed by atoms with van der Waals surface area (Å²) >= 11 is 0. The summed E-state index contributed by atoms with van der Waals surface area (Å²) in [5, 5.41) is 3.05. The molecule has 174 valence electrons. The number of piperidine rings is 2. The summed E-state index contributed by atoms with van der Waals surface area (Å²) in [5.41, 5.74) is -0.737. The largest absolute Gasteiger partial charge is 0.341 e. The van der Waals surface area contributed by atoms with E-state index in [-0.39, 0.29) is 23.9 Å². The first kappa shape index (κ1) is 22.6. The van der Waals surface area contributed by atoms with Gasteiger partial charge in [-0.3, -0.25) is 14.5 Å². The first-order valence-corrected chi connectivity index (χ1v) is 12.5. The second-order valence-corrected chi connectivity index (χ2v) is 10.7. The average Bonchev–Trinajstić information content (AvgIpc) is 3.34. The topological polar surface area (TPSA) is 73.0 Å². The molecule has 0 unspecified atom stereocenters. The Kier molecular flexibility index (Phi) is 6.89. The van der Waals surface area contributed by atoms with Gasteiger partial charge in [-0.1, -0.05) is 39.5 Å². The molecular formula is C24H40N4O3. The molecule has 0 radical (unpaired) electrons. The van der Waals surface area contributed by atoms with E-state index >= 15 is 0 Å². The highest BCUT2D eigenvalue weighted by Gasteiger charge is 2.54. The van der Waals surface area contributed by atoms with Crippen LogP contribution in [0.5, 0.6) is 0 Å². The molecule has 1 aliphatic carbocycles. The standard InChI is InChI=1S/C24H40N4O3/c1-18(2)16-26-14-11-24(12-15-26)22(30)28(23(31)25-24)20-8-5-13-27(17-20)21(29)10-9-19-6-3-4-7-19/h18-20H,3-17H2,1-2H3,(H,25,31)/t20-/m0/s1. The molecule has 3 heterocycles. The van der Waals surface area contributed by atoms with E-state index in [1.54, 1.807) is 0 Å². The lowest BCUT2D eigenvalue weighted by molar-refractivity contribution is -0.139. The fourth-order valence-corrected chi connectivity index (χ4v) is 6.12. The second-order valence-electron chi connectivity index (χ2n) is 10.7. The Bertz CT molecular complexity index is 680. The molecule has 0 aromatic carbocycles. The minimum Gasteiger partial charge on any atom is -0.341 e. The van der Waals surface area contributed by atoms with Crippen molar-refractivity contribution in [3.05, 3.63) is 0 Å². The lowest BCUT2D eigenvalue weighted by Crippen LogP contribution is -2.56. The van der Waals surface area contributed by atoms with Crippen molar-refractivity contribution in [2.45, 2.75) is 89.6 Å². The van der Waals surface area contributed by atoms with Crippen molar-refractivity contribution in [2.75, 3.05) is 32.7 Å². The molecule has 0 aromatic heterocycles. The van der Waals surface area contributed by atoms with Crippen LogP contribution in [-0.2, 0) is 9.59 Å². The van der Waals surface area contributed by atoms with Gasteiger partial charge in [0.1, 0.15) is 5.54 Å². The van der Waals surface area contributed by atoms with Crippen LogP contribution in [0.15, 0.2) is 0 Å². The number of likely N-dealkylation sites (tertiary alicyclic amines) is 2. The number of rotatable bonds is 6. The monoisotopic (exact) mass is 432 g/mol. The van der Waals surface area contributed by atoms with Gasteiger partial charge in [0.05, 0.1) is 6.04 Å². The van der Waals surface area contributed by atoms with Gasteiger partial charge >= 0.3 is 6.03 Å². The maximum Gasteiger partial charge on any atom is 0.325 e. The van der Waals surface area contributed by atoms with E-state index in [1.165, 1.54) is 30.6 Å². The third-order valence-corrected chi connectivity index (χ3v) is 7.88. The zero-order chi connectivity index (χ0) is 22.0. The molecule has 1 N–H and O–H groups in total. The van der Waals surface area contributed by atoms with E-state index in [4.69, 9.17) is 0 Å². The third kappa shape index (κ3) is 4.91. The molecule has 4 fully saturated rings. The summed E-state index contributed by atoms with van der Waals surface area (Å²) in [7, 11) is 0. The van der Waals surface area contributed by atoms with Crippen LogP contribution in [0.1, 0.15) is 78.1 Å². The van der Waals surface area contributed by atoms with E-state index in [0.717, 1.165) is 45.4 Å². The van der Waals surface area contributed by atoms with Gasteiger partial charge in [-0.2, -0.15) is 0 Å². The summed E-state index contributed by atoms with van der Waals surface area (Å²) in [4.78, 5) is 44.9. The van der Waals surface area contributed by atoms with Gasteiger partial charge in [0, 0.05) is 39.1 Å². The van der Waals surface area contributed by atoms with Gasteiger partial charge in [-0.15, -0.1) is 0 Å². The highest BCUT2D eigenvalue weighted by atomic mass is 16.2. The Balaban J connectivity index is 1.33. The fourth-order valence-electron chi connectivity index (χ4n) is 6.12. The molecule has 4 rings (SSSR count). The maximum absolute atomic E-state index is 13.4. The van der Waals surface area contributed by atoms with Crippen LogP contribution in [0, 0.1) is 11.8 Å². The Labute approximate surface area is 186 Å². The minimum absolute atomic E-state index is 0.0630. The number of nitrogens with zero attached hydrogens (tertiary/aromatic N) is 3. The molecule has 0 aromatic rings. The predicted octanol–water partition coefficient (Wildman–Crippen LogP) is 2.99. The zero-order valence-corrected chi connectivity index (χ0v) is 19.4. The minimum atomic E-state index is -0.737. The van der Waals surface area contributed by atoms with Crippen molar-refractivity contribution in [3.63, 3.8) is 0 Å². The number of carbonyl (C=O) groups excluding carboxylic acids is 3. The second kappa shape index (κ2) is 9.47. The number of hydrogen-bond donors (Lipinski definition) is 1. The van der Waals surface area contributed by atoms with Gasteiger partial charge < -0.3 is 15.1 Å². The van der Waals surface area contributed by atoms with Crippen molar-refractivity contribution in [3.8, 4) is 0 Å². The number of hydrogen-bond acceptors (Lipinski definition) is 4. The SMILES string of the molecule is CC(C)CN1CCC2(CC1)NC(=O)N([C@H]1CCCN(C(=O)CCC3CCCC3)C1)C2=O. The Hall–Kier alpha value is -1.63. The van der Waals surface area contributed by atoms with Crippen molar-refractivity contribution in [1.29, 1.82) is 0 Å². The number of urea groups is 1. The van der Waals surface area contributed by atoms with Gasteiger partial charge in [0.2, 0.25) is 5.91 Å². The van der Waals surface area contributed by atoms with E-state index in [1.807, 2.05) is 4.90 Å². The van der Waals surface area contributed by atoms with Crippen molar-refractivity contribution >= 4 is 17.8 Å². The zero-order valence-electron chi connectivity index (χ0n) is 19.4. The van der Waals surface area contributed by atoms with Crippen LogP contribution in [0.25, 0.3) is 0 Å². The van der Waals surface area contributed by atoms with Gasteiger partial charge in [-0.25, -0.2) is 4.79 Å². The van der Waals surface area contributed by atoms with Crippen molar-refractivity contribution < 1.29 is 14.4 Å². The van der Waals surface area contributed by atoms with Crippen molar-refractivity contribution in [2.24, 2.45) is 11.8 Å². The van der Waals surface area contributed by atoms with Crippen molar-refractivity contribution in [1.82, 2.24) is 20.0 Å². The Morgan fingerprint density at radius 3 is 2.45 bits per heavy atom. The van der Waals surface area contributed by atoms with Crippen LogP contribution in [0.3, 0.4) is 0 Å². The first-order valence-electron chi connectivity index (χ1n) is 12.5. The molecule has 3 aliphatic heterocycles. The highest BCUT2D eigenvalue weighted by Crippen LogP contribution is 2.33. The smallest absolute Gasteiger partial charge is 0.325 e. The van der Waals surface area contributed by atoms with Crippen LogP contribution in [0.4, 0.5) is 4.79 Å². The molecular weight excluding hydrogens is 392 g/mol. The quantitative estimate of drug-likeness (QED) is 0.655. The predicted molar refractivity (Wildman–Crippen MR) is 119 cm³/mol. The van der Waals surface area contributed by atoms with Gasteiger partial charge in [-0.05, 0) is 43.9 Å². The molecule has 7 nitrogen and oxygen atoms in total. The molecule has 0 bridgehead atoms. The molecule has 4 amide bonds. The Morgan fingerprint density at radius 1 is 1.06 bits per heavy atom. The molecule has 1 atom stereocenters. The highest BCUT2D eigenvalue weighted by molar-refractivity contribution is 6.07. The summed E-state index contributed by atoms with van der Waals surface area (Å²) in [6.07, 6.45) is 9.71. The third-order valence-electron chi connectivity index (χ3n) is 7.88. The molecule has 3 saturated heterocycles. The van der Waals surface area contributed by atoms with Crippen LogP contribution >= 0.6 is 0 Å². The van der Waals surface area contributed by atoms with E-state index in [2.05, 4.69) is 24.1 Å². The molecule has 1 saturated carbocycles. The Morgan fingerprint density at radius 2 is 1.77 bits per heavy atom. The van der Waals surface area contributed by atoms with Crippen LogP contribution < -0.4 is 5.32 Å². The van der Waals surface area contributed by atoms with Gasteiger partial charge in [0.25, 0.3) is 5.91 Å². The average molecular weight is 433 g/mol. The molecule has 4 aliphatic rings. The lowest BCUT2D eigenvalue weighted by Gasteiger charge is -2.39. The van der Waals surface area contributed by atoms with E-state index in [9.17, 15) is 14.4 Å². The van der Waals surface area contributed by atoms with Crippen LogP contribution in [-0.4, -0.2) is 76.8 Å². The van der Waals surface area contributed by atoms with Crippen LogP contribution in [0.2, 0.25) is 0 Å². The number of carbonyl (C=O) groups is 3. The molecule has 1 spiro atoms. The molecule has 7 heteroatoms. The molecule has 31 heavy (non-hydrogen) atoms. The number of imide groups is 1. The maximum atomic E-state index is 13.4. The summed E-state index contributed by atoms with van der Waals surface area (Å²) in [6, 6.07) is -0.447. The normalized spacial score (nSPS) is 27.5. The summed E-state index contributed by atoms with van der Waals surface area (Å²) < 4.78 is 0. The number of nitrogens with one attached hydrogen (secondary N) is 1. The fraction of sp³-hybridized carbons (Fsp3) is 0.875. The summed E-state index contributed by atoms with van der Waals surface area (Å²) in [6.45, 7) is 8.37. The van der Waals surface area contributed by atoms with E-state index in [0.29, 0.717) is 37.6 Å². The first-order chi connectivity index (χ1) is 14.9. The van der Waals surface area contributed by atoms with Gasteiger partial charge in [0.15, 0.2) is 0 Å². The summed E-state index contributed by atoms with van der Waals surface area (Å²) in [5.74, 6) is 1.43. The number of amides is 4.